The Morgan fingerprint density at radius 1 is 0.929 bits per heavy atom. The topological polar surface area (TPSA) is 104 Å². The van der Waals surface area contributed by atoms with Crippen LogP contribution in [0.4, 0.5) is 0 Å². The van der Waals surface area contributed by atoms with E-state index < -0.39 is 5.91 Å². The number of aromatic nitrogens is 1. The molecule has 2 fully saturated rings. The summed E-state index contributed by atoms with van der Waals surface area (Å²) >= 11 is 0. The highest BCUT2D eigenvalue weighted by Crippen LogP contribution is 2.32. The van der Waals surface area contributed by atoms with Crippen LogP contribution in [0.5, 0.6) is 0 Å². The van der Waals surface area contributed by atoms with E-state index in [2.05, 4.69) is 62.8 Å². The molecule has 0 radical (unpaired) electrons. The fourth-order valence-corrected chi connectivity index (χ4v) is 6.31. The molecule has 222 valence electrons. The predicted molar refractivity (Wildman–Crippen MR) is 164 cm³/mol. The Balaban J connectivity index is 1.34. The maximum Gasteiger partial charge on any atom is 0.256 e. The molecule has 3 N–H and O–H groups in total. The monoisotopic (exact) mass is 570 g/mol. The number of nitrogens with two attached hydrogens (primary N) is 1. The Kier molecular flexibility index (Phi) is 9.39. The number of likely N-dealkylation sites (N-methyl/N-ethyl adjacent to an activating group) is 1. The highest BCUT2D eigenvalue weighted by molar-refractivity contribution is 6.01. The number of piperazine rings is 1. The molecular weight excluding hydrogens is 528 g/mol. The first kappa shape index (κ1) is 29.5. The predicted octanol–water partition coefficient (Wildman–Crippen LogP) is 2.91. The van der Waals surface area contributed by atoms with Crippen molar-refractivity contribution in [1.29, 1.82) is 0 Å². The zero-order valence-electron chi connectivity index (χ0n) is 24.7. The van der Waals surface area contributed by atoms with E-state index in [9.17, 15) is 14.4 Å². The summed E-state index contributed by atoms with van der Waals surface area (Å²) in [7, 11) is 2.11. The summed E-state index contributed by atoms with van der Waals surface area (Å²) in [6.45, 7) is 7.02. The van der Waals surface area contributed by atoms with Crippen LogP contribution in [0.15, 0.2) is 66.7 Å². The molecule has 2 aliphatic heterocycles. The second-order valence-corrected chi connectivity index (χ2v) is 11.6. The lowest BCUT2D eigenvalue weighted by atomic mass is 9.95. The van der Waals surface area contributed by atoms with Crippen molar-refractivity contribution in [3.63, 3.8) is 0 Å². The second kappa shape index (κ2) is 13.4. The van der Waals surface area contributed by atoms with Gasteiger partial charge in [0.2, 0.25) is 11.8 Å². The van der Waals surface area contributed by atoms with E-state index in [1.807, 2.05) is 42.5 Å². The Morgan fingerprint density at radius 2 is 1.60 bits per heavy atom. The summed E-state index contributed by atoms with van der Waals surface area (Å²) in [6, 6.07) is 22.5. The van der Waals surface area contributed by atoms with Crippen LogP contribution in [0.2, 0.25) is 0 Å². The highest BCUT2D eigenvalue weighted by Gasteiger charge is 2.35. The van der Waals surface area contributed by atoms with Crippen molar-refractivity contribution in [2.45, 2.75) is 32.2 Å². The molecule has 3 heterocycles. The first-order valence-corrected chi connectivity index (χ1v) is 14.9. The number of piperidine rings is 1. The van der Waals surface area contributed by atoms with Gasteiger partial charge in [-0.1, -0.05) is 48.5 Å². The van der Waals surface area contributed by atoms with Crippen LogP contribution in [-0.2, 0) is 9.59 Å². The van der Waals surface area contributed by atoms with Crippen molar-refractivity contribution >= 4 is 17.7 Å². The molecule has 9 nitrogen and oxygen atoms in total. The van der Waals surface area contributed by atoms with Gasteiger partial charge in [-0.2, -0.15) is 0 Å². The molecule has 0 saturated carbocycles. The van der Waals surface area contributed by atoms with E-state index in [-0.39, 0.29) is 36.7 Å². The van der Waals surface area contributed by atoms with Crippen molar-refractivity contribution in [2.24, 2.45) is 11.7 Å². The quantitative estimate of drug-likeness (QED) is 0.412. The van der Waals surface area contributed by atoms with E-state index in [0.29, 0.717) is 6.54 Å². The molecule has 0 aliphatic carbocycles. The largest absolute Gasteiger partial charge is 0.370 e. The van der Waals surface area contributed by atoms with Crippen LogP contribution in [0.3, 0.4) is 0 Å². The molecule has 42 heavy (non-hydrogen) atoms. The average Bonchev–Trinajstić information content (AvgIpc) is 3.35. The minimum atomic E-state index is -0.413. The van der Waals surface area contributed by atoms with Gasteiger partial charge in [0.25, 0.3) is 5.91 Å². The molecule has 0 bridgehead atoms. The highest BCUT2D eigenvalue weighted by atomic mass is 16.2. The van der Waals surface area contributed by atoms with Gasteiger partial charge >= 0.3 is 0 Å². The fourth-order valence-electron chi connectivity index (χ4n) is 6.31. The number of benzene rings is 2. The van der Waals surface area contributed by atoms with Crippen molar-refractivity contribution in [3.8, 4) is 16.9 Å². The van der Waals surface area contributed by atoms with Crippen molar-refractivity contribution in [2.75, 3.05) is 52.9 Å². The van der Waals surface area contributed by atoms with Crippen LogP contribution in [0.1, 0.15) is 35.3 Å². The van der Waals surface area contributed by atoms with Gasteiger partial charge in [-0.3, -0.25) is 14.4 Å². The lowest BCUT2D eigenvalue weighted by molar-refractivity contribution is -0.126. The Morgan fingerprint density at radius 3 is 2.26 bits per heavy atom. The number of hydrogen-bond acceptors (Lipinski definition) is 5. The van der Waals surface area contributed by atoms with Gasteiger partial charge in [0.15, 0.2) is 0 Å². The smallest absolute Gasteiger partial charge is 0.256 e. The number of hydrogen-bond donors (Lipinski definition) is 2. The Bertz CT molecular complexity index is 1380. The number of amides is 3. The van der Waals surface area contributed by atoms with E-state index in [0.717, 1.165) is 73.8 Å². The first-order valence-electron chi connectivity index (χ1n) is 14.9. The summed E-state index contributed by atoms with van der Waals surface area (Å²) in [5, 5.41) is 2.84. The molecule has 5 rings (SSSR count). The van der Waals surface area contributed by atoms with Crippen LogP contribution < -0.4 is 11.1 Å². The van der Waals surface area contributed by atoms with Gasteiger partial charge in [0.1, 0.15) is 0 Å². The fraction of sp³-hybridized carbons (Fsp3) is 0.424. The summed E-state index contributed by atoms with van der Waals surface area (Å²) in [5.41, 5.74) is 9.90. The number of aryl methyl sites for hydroxylation is 1. The molecule has 2 aromatic carbocycles. The molecule has 9 heteroatoms. The molecule has 3 amide bonds. The van der Waals surface area contributed by atoms with Crippen LogP contribution in [0.25, 0.3) is 16.9 Å². The molecule has 0 spiro atoms. The van der Waals surface area contributed by atoms with Gasteiger partial charge in [0, 0.05) is 56.4 Å². The lowest BCUT2D eigenvalue weighted by Crippen LogP contribution is -2.58. The van der Waals surface area contributed by atoms with Crippen molar-refractivity contribution < 1.29 is 14.4 Å². The molecule has 0 unspecified atom stereocenters. The van der Waals surface area contributed by atoms with Crippen molar-refractivity contribution in [1.82, 2.24) is 24.6 Å². The molecule has 2 aliphatic rings. The minimum Gasteiger partial charge on any atom is -0.370 e. The van der Waals surface area contributed by atoms with E-state index in [1.165, 1.54) is 0 Å². The minimum absolute atomic E-state index is 0.00292. The second-order valence-electron chi connectivity index (χ2n) is 11.6. The van der Waals surface area contributed by atoms with Gasteiger partial charge < -0.3 is 30.3 Å². The van der Waals surface area contributed by atoms with Gasteiger partial charge in [-0.25, -0.2) is 0 Å². The van der Waals surface area contributed by atoms with E-state index in [1.54, 1.807) is 0 Å². The molecule has 3 aromatic rings. The third-order valence-electron chi connectivity index (χ3n) is 8.52. The zero-order valence-corrected chi connectivity index (χ0v) is 24.7. The average molecular weight is 571 g/mol. The summed E-state index contributed by atoms with van der Waals surface area (Å²) in [6.07, 6.45) is 1.68. The number of primary amides is 1. The van der Waals surface area contributed by atoms with E-state index >= 15 is 0 Å². The zero-order chi connectivity index (χ0) is 29.6. The van der Waals surface area contributed by atoms with Crippen LogP contribution >= 0.6 is 0 Å². The Hall–Kier alpha value is -3.95. The number of carbonyl (C=O) groups is 3. The first-order chi connectivity index (χ1) is 20.3. The molecule has 1 atom stereocenters. The van der Waals surface area contributed by atoms with Gasteiger partial charge in [0.05, 0.1) is 17.3 Å². The Labute approximate surface area is 248 Å². The molecule has 2 saturated heterocycles. The summed E-state index contributed by atoms with van der Waals surface area (Å²) in [5.74, 6) is -0.412. The maximum absolute atomic E-state index is 14.4. The number of carbonyl (C=O) groups excluding carboxylic acids is 3. The lowest BCUT2D eigenvalue weighted by Gasteiger charge is -2.43. The van der Waals surface area contributed by atoms with Crippen LogP contribution in [0, 0.1) is 12.8 Å². The van der Waals surface area contributed by atoms with E-state index in [4.69, 9.17) is 5.73 Å². The van der Waals surface area contributed by atoms with Gasteiger partial charge in [-0.05, 0) is 63.7 Å². The number of nitrogens with zero attached hydrogens (tertiary/aromatic N) is 4. The van der Waals surface area contributed by atoms with Crippen LogP contribution in [-0.4, -0.2) is 95.9 Å². The number of para-hydroxylation sites is 1. The van der Waals surface area contributed by atoms with Crippen molar-refractivity contribution in [3.05, 3.63) is 78.0 Å². The third-order valence-corrected chi connectivity index (χ3v) is 8.52. The summed E-state index contributed by atoms with van der Waals surface area (Å²) in [4.78, 5) is 44.7. The molecular formula is C33H42N6O3. The summed E-state index contributed by atoms with van der Waals surface area (Å²) < 4.78 is 2.19. The normalized spacial score (nSPS) is 18.6. The number of nitrogens with one attached hydrogen (secondary N) is 1. The molecule has 1 aromatic heterocycles. The van der Waals surface area contributed by atoms with Gasteiger partial charge in [-0.15, -0.1) is 0 Å². The standard InChI is InChI=1S/C33H42N6O3/c1-24-21-29(31(25-9-5-3-6-10-25)39(24)27-11-7-4-8-12-27)33(42)38-20-19-36(2)22-28(38)23-37-17-14-26(15-18-37)32(41)35-16-13-30(34)40/h3-12,21,26,28H,13-20,22-23H2,1-2H3,(H2,34,40)(H,35,41)/t28-/m0/s1. The maximum atomic E-state index is 14.4. The third kappa shape index (κ3) is 6.74. The SMILES string of the molecule is Cc1cc(C(=O)N2CCN(C)C[C@H]2CN2CCC(C(=O)NCCC(N)=O)CC2)c(-c2ccccc2)n1-c1ccccc1. The number of likely N-dealkylation sites (tertiary alicyclic amines) is 1. The number of rotatable bonds is 9.